The molecule has 0 aromatic carbocycles. The second-order valence-corrected chi connectivity index (χ2v) is 5.45. The summed E-state index contributed by atoms with van der Waals surface area (Å²) < 4.78 is 1.19. The van der Waals surface area contributed by atoms with Crippen molar-refractivity contribution in [1.82, 2.24) is 0 Å². The van der Waals surface area contributed by atoms with Crippen LogP contribution in [-0.4, -0.2) is 31.2 Å². The Labute approximate surface area is 71.0 Å². The molecule has 2 unspecified atom stereocenters. The van der Waals surface area contributed by atoms with E-state index in [0.717, 1.165) is 12.0 Å². The summed E-state index contributed by atoms with van der Waals surface area (Å²) in [7, 11) is 4.69. The van der Waals surface area contributed by atoms with Gasteiger partial charge in [0.2, 0.25) is 0 Å². The Hall–Kier alpha value is -0.0400. The highest BCUT2D eigenvalue weighted by atomic mass is 15.4. The van der Waals surface area contributed by atoms with Gasteiger partial charge in [0.25, 0.3) is 0 Å². The van der Waals surface area contributed by atoms with Crippen molar-refractivity contribution in [3.05, 3.63) is 0 Å². The van der Waals surface area contributed by atoms with Crippen molar-refractivity contribution in [1.29, 1.82) is 0 Å². The molecule has 0 spiro atoms. The molecule has 2 atom stereocenters. The lowest BCUT2D eigenvalue weighted by atomic mass is 9.81. The van der Waals surface area contributed by atoms with Crippen LogP contribution >= 0.6 is 0 Å². The lowest BCUT2D eigenvalue weighted by molar-refractivity contribution is -0.904. The molecule has 1 saturated heterocycles. The number of likely N-dealkylation sites (tertiary alicyclic amines) is 1. The predicted octanol–water partition coefficient (Wildman–Crippen LogP) is 2.13. The van der Waals surface area contributed by atoms with Gasteiger partial charge in [-0.3, -0.25) is 0 Å². The highest BCUT2D eigenvalue weighted by Crippen LogP contribution is 2.41. The fraction of sp³-hybridized carbons (Fsp3) is 1.00. The molecule has 1 aliphatic heterocycles. The van der Waals surface area contributed by atoms with Crippen LogP contribution in [0.25, 0.3) is 0 Å². The van der Waals surface area contributed by atoms with Crippen LogP contribution in [0.15, 0.2) is 0 Å². The molecular formula is C10H22N+. The lowest BCUT2D eigenvalue weighted by Crippen LogP contribution is -2.43. The van der Waals surface area contributed by atoms with E-state index in [4.69, 9.17) is 0 Å². The fourth-order valence-corrected chi connectivity index (χ4v) is 2.60. The summed E-state index contributed by atoms with van der Waals surface area (Å²) in [5, 5.41) is 0. The minimum absolute atomic E-state index is 0.531. The molecule has 11 heavy (non-hydrogen) atoms. The van der Waals surface area contributed by atoms with Gasteiger partial charge in [0.15, 0.2) is 0 Å². The van der Waals surface area contributed by atoms with Gasteiger partial charge in [-0.25, -0.2) is 0 Å². The maximum Gasteiger partial charge on any atom is 0.0891 e. The molecular weight excluding hydrogens is 134 g/mol. The normalized spacial score (nSPS) is 40.9. The largest absolute Gasteiger partial charge is 0.326 e. The van der Waals surface area contributed by atoms with Crippen LogP contribution < -0.4 is 0 Å². The van der Waals surface area contributed by atoms with Gasteiger partial charge in [-0.05, 0) is 6.92 Å². The smallest absolute Gasteiger partial charge is 0.0891 e. The third-order valence-corrected chi connectivity index (χ3v) is 3.87. The van der Waals surface area contributed by atoms with Crippen LogP contribution in [-0.2, 0) is 0 Å². The van der Waals surface area contributed by atoms with Gasteiger partial charge < -0.3 is 4.48 Å². The Morgan fingerprint density at radius 2 is 1.64 bits per heavy atom. The molecule has 1 heterocycles. The van der Waals surface area contributed by atoms with Gasteiger partial charge in [0.05, 0.1) is 26.7 Å². The van der Waals surface area contributed by atoms with Crippen molar-refractivity contribution < 1.29 is 4.48 Å². The van der Waals surface area contributed by atoms with Crippen LogP contribution in [0.5, 0.6) is 0 Å². The monoisotopic (exact) mass is 156 g/mol. The van der Waals surface area contributed by atoms with Crippen LogP contribution in [0.2, 0.25) is 0 Å². The van der Waals surface area contributed by atoms with E-state index < -0.39 is 0 Å². The number of nitrogens with zero attached hydrogens (tertiary/aromatic N) is 1. The number of rotatable bonds is 0. The lowest BCUT2D eigenvalue weighted by Gasteiger charge is -2.30. The van der Waals surface area contributed by atoms with E-state index in [9.17, 15) is 0 Å². The van der Waals surface area contributed by atoms with Crippen LogP contribution in [0.1, 0.15) is 27.7 Å². The van der Waals surface area contributed by atoms with Crippen LogP contribution in [0, 0.1) is 11.3 Å². The molecule has 1 aliphatic rings. The van der Waals surface area contributed by atoms with Crippen molar-refractivity contribution in [2.75, 3.05) is 20.6 Å². The molecule has 0 aliphatic carbocycles. The molecule has 0 N–H and O–H groups in total. The van der Waals surface area contributed by atoms with Crippen molar-refractivity contribution in [2.45, 2.75) is 33.7 Å². The van der Waals surface area contributed by atoms with Crippen molar-refractivity contribution in [3.8, 4) is 0 Å². The Balaban J connectivity index is 2.86. The van der Waals surface area contributed by atoms with E-state index in [1.165, 1.54) is 11.0 Å². The second kappa shape index (κ2) is 2.22. The first-order valence-electron chi connectivity index (χ1n) is 4.60. The van der Waals surface area contributed by atoms with Crippen LogP contribution in [0.4, 0.5) is 0 Å². The minimum atomic E-state index is 0.531. The summed E-state index contributed by atoms with van der Waals surface area (Å²) in [5.74, 6) is 0.845. The third-order valence-electron chi connectivity index (χ3n) is 3.87. The van der Waals surface area contributed by atoms with Crippen molar-refractivity contribution >= 4 is 0 Å². The van der Waals surface area contributed by atoms with E-state index >= 15 is 0 Å². The van der Waals surface area contributed by atoms with Crippen molar-refractivity contribution in [3.63, 3.8) is 0 Å². The SMILES string of the molecule is CC1C(C)[N+](C)(C)CC1(C)C. The van der Waals surface area contributed by atoms with Gasteiger partial charge in [-0.1, -0.05) is 20.8 Å². The molecule has 1 fully saturated rings. The zero-order valence-electron chi connectivity index (χ0n) is 8.81. The second-order valence-electron chi connectivity index (χ2n) is 5.45. The topological polar surface area (TPSA) is 0 Å². The van der Waals surface area contributed by atoms with Gasteiger partial charge in [0, 0.05) is 11.3 Å². The molecule has 1 rings (SSSR count). The number of hydrogen-bond donors (Lipinski definition) is 0. The van der Waals surface area contributed by atoms with E-state index in [1.54, 1.807) is 0 Å². The minimum Gasteiger partial charge on any atom is -0.326 e. The summed E-state index contributed by atoms with van der Waals surface area (Å²) >= 11 is 0. The maximum atomic E-state index is 2.39. The summed E-state index contributed by atoms with van der Waals surface area (Å²) in [4.78, 5) is 0. The third kappa shape index (κ3) is 1.31. The molecule has 0 aromatic rings. The first-order valence-corrected chi connectivity index (χ1v) is 4.60. The summed E-state index contributed by atoms with van der Waals surface area (Å²) in [6.07, 6.45) is 0. The van der Waals surface area contributed by atoms with Gasteiger partial charge in [0.1, 0.15) is 0 Å². The summed E-state index contributed by atoms with van der Waals surface area (Å²) in [6.45, 7) is 10.9. The quantitative estimate of drug-likeness (QED) is 0.471. The Morgan fingerprint density at radius 3 is 1.73 bits per heavy atom. The van der Waals surface area contributed by atoms with Gasteiger partial charge >= 0.3 is 0 Å². The van der Waals surface area contributed by atoms with E-state index in [2.05, 4.69) is 41.8 Å². The Kier molecular flexibility index (Phi) is 1.83. The first kappa shape index (κ1) is 9.05. The predicted molar refractivity (Wildman–Crippen MR) is 49.4 cm³/mol. The Bertz CT molecular complexity index is 140. The van der Waals surface area contributed by atoms with Crippen LogP contribution in [0.3, 0.4) is 0 Å². The van der Waals surface area contributed by atoms with E-state index in [-0.39, 0.29) is 0 Å². The van der Waals surface area contributed by atoms with Gasteiger partial charge in [-0.15, -0.1) is 0 Å². The van der Waals surface area contributed by atoms with Crippen molar-refractivity contribution in [2.24, 2.45) is 11.3 Å². The summed E-state index contributed by atoms with van der Waals surface area (Å²) in [5.41, 5.74) is 0.531. The van der Waals surface area contributed by atoms with Gasteiger partial charge in [-0.2, -0.15) is 0 Å². The molecule has 0 amide bonds. The highest BCUT2D eigenvalue weighted by molar-refractivity contribution is 4.85. The molecule has 0 radical (unpaired) electrons. The zero-order valence-corrected chi connectivity index (χ0v) is 8.81. The standard InChI is InChI=1S/C10H22N/c1-8-9(2)11(5,6)7-10(8,3)4/h8-9H,7H2,1-6H3/q+1. The number of hydrogen-bond acceptors (Lipinski definition) is 0. The zero-order chi connectivity index (χ0) is 8.86. The molecule has 66 valence electrons. The van der Waals surface area contributed by atoms with E-state index in [0.29, 0.717) is 5.41 Å². The molecule has 0 bridgehead atoms. The average Bonchev–Trinajstić information content (AvgIpc) is 1.91. The maximum absolute atomic E-state index is 2.39. The van der Waals surface area contributed by atoms with E-state index in [1.807, 2.05) is 0 Å². The molecule has 0 aromatic heterocycles. The molecule has 1 nitrogen and oxygen atoms in total. The summed E-state index contributed by atoms with van der Waals surface area (Å²) in [6, 6.07) is 0.810. The first-order chi connectivity index (χ1) is 4.77. The number of quaternary nitrogens is 1. The fourth-order valence-electron chi connectivity index (χ4n) is 2.60. The average molecular weight is 156 g/mol. The molecule has 1 heteroatoms. The molecule has 0 saturated carbocycles. The highest BCUT2D eigenvalue weighted by Gasteiger charge is 2.49. The Morgan fingerprint density at radius 1 is 1.18 bits per heavy atom.